The lowest BCUT2D eigenvalue weighted by Crippen LogP contribution is -2.43. The molecule has 4 heteroatoms. The summed E-state index contributed by atoms with van der Waals surface area (Å²) in [5, 5.41) is 0.336. The molecule has 0 bridgehead atoms. The van der Waals surface area contributed by atoms with Crippen LogP contribution in [-0.2, 0) is 0 Å². The molecule has 0 aromatic carbocycles. The predicted molar refractivity (Wildman–Crippen MR) is 82.2 cm³/mol. The van der Waals surface area contributed by atoms with Gasteiger partial charge in [0.2, 0.25) is 0 Å². The van der Waals surface area contributed by atoms with Crippen molar-refractivity contribution in [1.82, 2.24) is 0 Å². The second-order valence-corrected chi connectivity index (χ2v) is 8.25. The highest BCUT2D eigenvalue weighted by Crippen LogP contribution is 2.45. The molecule has 0 radical (unpaired) electrons. The molecule has 19 heavy (non-hydrogen) atoms. The lowest BCUT2D eigenvalue weighted by atomic mass is 9.68. The molecule has 2 fully saturated rings. The topological polar surface area (TPSA) is 0 Å². The van der Waals surface area contributed by atoms with E-state index in [-0.39, 0.29) is 34.6 Å². The van der Waals surface area contributed by atoms with Crippen molar-refractivity contribution in [1.29, 1.82) is 0 Å². The van der Waals surface area contributed by atoms with Gasteiger partial charge in [0, 0.05) is 16.1 Å². The SMILES string of the molecule is CC1CC(Cl)C(C(CF)C2CCC(Cl)CC2)C(Cl)C1. The summed E-state index contributed by atoms with van der Waals surface area (Å²) < 4.78 is 13.6. The Labute approximate surface area is 131 Å². The van der Waals surface area contributed by atoms with E-state index in [0.29, 0.717) is 11.8 Å². The van der Waals surface area contributed by atoms with Gasteiger partial charge in [-0.3, -0.25) is 4.39 Å². The lowest BCUT2D eigenvalue weighted by Gasteiger charge is -2.43. The van der Waals surface area contributed by atoms with Crippen LogP contribution in [0.3, 0.4) is 0 Å². The monoisotopic (exact) mass is 328 g/mol. The summed E-state index contributed by atoms with van der Waals surface area (Å²) in [7, 11) is 0. The fourth-order valence-corrected chi connectivity index (χ4v) is 5.65. The Morgan fingerprint density at radius 3 is 2.00 bits per heavy atom. The fourth-order valence-electron chi connectivity index (χ4n) is 3.99. The van der Waals surface area contributed by atoms with E-state index in [1.54, 1.807) is 0 Å². The van der Waals surface area contributed by atoms with Gasteiger partial charge >= 0.3 is 0 Å². The van der Waals surface area contributed by atoms with Gasteiger partial charge in [0.1, 0.15) is 0 Å². The first-order valence-corrected chi connectivity index (χ1v) is 8.82. The van der Waals surface area contributed by atoms with Crippen LogP contribution in [0.5, 0.6) is 0 Å². The van der Waals surface area contributed by atoms with Crippen molar-refractivity contribution in [2.45, 2.75) is 61.6 Å². The van der Waals surface area contributed by atoms with E-state index in [1.165, 1.54) is 0 Å². The van der Waals surface area contributed by atoms with Gasteiger partial charge in [0.15, 0.2) is 0 Å². The third-order valence-electron chi connectivity index (χ3n) is 5.07. The maximum absolute atomic E-state index is 13.6. The average molecular weight is 330 g/mol. The predicted octanol–water partition coefficient (Wildman–Crippen LogP) is 5.63. The largest absolute Gasteiger partial charge is 0.251 e. The highest BCUT2D eigenvalue weighted by molar-refractivity contribution is 6.24. The third-order valence-corrected chi connectivity index (χ3v) is 6.44. The molecule has 0 aliphatic heterocycles. The van der Waals surface area contributed by atoms with Gasteiger partial charge in [0.25, 0.3) is 0 Å². The Kier molecular flexibility index (Phi) is 6.11. The molecular weight excluding hydrogens is 306 g/mol. The molecule has 2 aliphatic carbocycles. The molecule has 2 rings (SSSR count). The minimum Gasteiger partial charge on any atom is -0.251 e. The summed E-state index contributed by atoms with van der Waals surface area (Å²) in [6.45, 7) is 1.90. The van der Waals surface area contributed by atoms with E-state index in [0.717, 1.165) is 38.5 Å². The van der Waals surface area contributed by atoms with E-state index in [1.807, 2.05) is 0 Å². The van der Waals surface area contributed by atoms with E-state index in [9.17, 15) is 4.39 Å². The van der Waals surface area contributed by atoms with E-state index in [2.05, 4.69) is 6.92 Å². The number of hydrogen-bond acceptors (Lipinski definition) is 0. The van der Waals surface area contributed by atoms with Crippen LogP contribution < -0.4 is 0 Å². The number of hydrogen-bond donors (Lipinski definition) is 0. The molecule has 0 saturated heterocycles. The zero-order valence-corrected chi connectivity index (χ0v) is 13.8. The van der Waals surface area contributed by atoms with Gasteiger partial charge in [-0.2, -0.15) is 0 Å². The van der Waals surface area contributed by atoms with Gasteiger partial charge in [-0.15, -0.1) is 34.8 Å². The van der Waals surface area contributed by atoms with Crippen molar-refractivity contribution in [3.8, 4) is 0 Å². The molecule has 3 atom stereocenters. The van der Waals surface area contributed by atoms with E-state index >= 15 is 0 Å². The normalized spacial score (nSPS) is 45.9. The molecule has 0 amide bonds. The van der Waals surface area contributed by atoms with Crippen molar-refractivity contribution in [3.05, 3.63) is 0 Å². The molecule has 2 saturated carbocycles. The zero-order valence-electron chi connectivity index (χ0n) is 11.5. The van der Waals surface area contributed by atoms with Crippen molar-refractivity contribution in [3.63, 3.8) is 0 Å². The van der Waals surface area contributed by atoms with Crippen molar-refractivity contribution in [2.75, 3.05) is 6.67 Å². The molecule has 0 nitrogen and oxygen atoms in total. The third kappa shape index (κ3) is 3.92. The van der Waals surface area contributed by atoms with Crippen LogP contribution in [0.2, 0.25) is 0 Å². The summed E-state index contributed by atoms with van der Waals surface area (Å²) in [5.74, 6) is 1.13. The molecule has 3 unspecified atom stereocenters. The average Bonchev–Trinajstić information content (AvgIpc) is 2.35. The summed E-state index contributed by atoms with van der Waals surface area (Å²) in [6, 6.07) is 0. The molecule has 0 heterocycles. The maximum atomic E-state index is 13.6. The molecule has 0 aromatic heterocycles. The molecular formula is C15H24Cl3F. The quantitative estimate of drug-likeness (QED) is 0.589. The summed E-state index contributed by atoms with van der Waals surface area (Å²) in [6.07, 6.45) is 6.01. The molecule has 0 aromatic rings. The summed E-state index contributed by atoms with van der Waals surface area (Å²) >= 11 is 19.2. The first-order valence-electron chi connectivity index (χ1n) is 7.51. The van der Waals surface area contributed by atoms with Gasteiger partial charge in [-0.1, -0.05) is 6.92 Å². The van der Waals surface area contributed by atoms with Crippen LogP contribution >= 0.6 is 34.8 Å². The minimum absolute atomic E-state index is 0.0284. The Balaban J connectivity index is 2.03. The number of alkyl halides is 4. The number of rotatable bonds is 3. The van der Waals surface area contributed by atoms with Crippen LogP contribution in [-0.4, -0.2) is 22.8 Å². The summed E-state index contributed by atoms with van der Waals surface area (Å²) in [4.78, 5) is 0. The molecule has 0 N–H and O–H groups in total. The first-order chi connectivity index (χ1) is 9.02. The van der Waals surface area contributed by atoms with E-state index in [4.69, 9.17) is 34.8 Å². The Morgan fingerprint density at radius 2 is 1.53 bits per heavy atom. The van der Waals surface area contributed by atoms with E-state index < -0.39 is 0 Å². The molecule has 112 valence electrons. The summed E-state index contributed by atoms with van der Waals surface area (Å²) in [5.41, 5.74) is 0. The van der Waals surface area contributed by atoms with Crippen molar-refractivity contribution in [2.24, 2.45) is 23.7 Å². The molecule has 2 aliphatic rings. The van der Waals surface area contributed by atoms with Gasteiger partial charge in [-0.05, 0) is 62.2 Å². The number of halogens is 4. The van der Waals surface area contributed by atoms with Gasteiger partial charge in [-0.25, -0.2) is 0 Å². The van der Waals surface area contributed by atoms with Crippen molar-refractivity contribution >= 4 is 34.8 Å². The fraction of sp³-hybridized carbons (Fsp3) is 1.00. The maximum Gasteiger partial charge on any atom is 0.0928 e. The smallest absolute Gasteiger partial charge is 0.0928 e. The Bertz CT molecular complexity index is 267. The minimum atomic E-state index is -0.289. The van der Waals surface area contributed by atoms with Crippen LogP contribution in [0.25, 0.3) is 0 Å². The lowest BCUT2D eigenvalue weighted by molar-refractivity contribution is 0.111. The van der Waals surface area contributed by atoms with Crippen molar-refractivity contribution < 1.29 is 4.39 Å². The van der Waals surface area contributed by atoms with Crippen LogP contribution in [0, 0.1) is 23.7 Å². The Morgan fingerprint density at radius 1 is 1.00 bits per heavy atom. The zero-order chi connectivity index (χ0) is 14.0. The van der Waals surface area contributed by atoms with Gasteiger partial charge < -0.3 is 0 Å². The van der Waals surface area contributed by atoms with Gasteiger partial charge in [0.05, 0.1) is 6.67 Å². The van der Waals surface area contributed by atoms with Crippen LogP contribution in [0.4, 0.5) is 4.39 Å². The highest BCUT2D eigenvalue weighted by Gasteiger charge is 2.42. The first kappa shape index (κ1) is 16.2. The van der Waals surface area contributed by atoms with Crippen LogP contribution in [0.1, 0.15) is 45.4 Å². The highest BCUT2D eigenvalue weighted by atomic mass is 35.5. The standard InChI is InChI=1S/C15H24Cl3F/c1-9-6-13(17)15(14(18)7-9)12(8-19)10-2-4-11(16)5-3-10/h9-15H,2-8H2,1H3. The second kappa shape index (κ2) is 7.18. The Hall–Kier alpha value is 0.800. The van der Waals surface area contributed by atoms with Crippen LogP contribution in [0.15, 0.2) is 0 Å². The molecule has 0 spiro atoms. The second-order valence-electron chi connectivity index (χ2n) is 6.52.